The molecule has 0 saturated carbocycles. The topological polar surface area (TPSA) is 56.3 Å². The van der Waals surface area contributed by atoms with Gasteiger partial charge in [-0.25, -0.2) is 0 Å². The predicted molar refractivity (Wildman–Crippen MR) is 76.5 cm³/mol. The first-order valence-corrected chi connectivity index (χ1v) is 7.78. The van der Waals surface area contributed by atoms with Crippen molar-refractivity contribution in [3.05, 3.63) is 5.69 Å². The van der Waals surface area contributed by atoms with Crippen molar-refractivity contribution in [1.82, 2.24) is 9.59 Å². The maximum absolute atomic E-state index is 5.97. The van der Waals surface area contributed by atoms with Crippen molar-refractivity contribution in [2.24, 2.45) is 0 Å². The van der Waals surface area contributed by atoms with Gasteiger partial charge in [0.15, 0.2) is 0 Å². The summed E-state index contributed by atoms with van der Waals surface area (Å²) in [7, 11) is 0. The number of hydrogen-bond acceptors (Lipinski definition) is 6. The lowest BCUT2D eigenvalue weighted by molar-refractivity contribution is -0.106. The summed E-state index contributed by atoms with van der Waals surface area (Å²) in [5.74, 6) is 0. The summed E-state index contributed by atoms with van der Waals surface area (Å²) >= 11 is 1.40. The van der Waals surface area contributed by atoms with E-state index in [1.807, 2.05) is 0 Å². The van der Waals surface area contributed by atoms with Crippen LogP contribution in [0.2, 0.25) is 0 Å². The summed E-state index contributed by atoms with van der Waals surface area (Å²) in [6, 6.07) is 0. The summed E-state index contributed by atoms with van der Waals surface area (Å²) in [4.78, 5) is 0. The lowest BCUT2D eigenvalue weighted by Crippen LogP contribution is -2.34. The number of ether oxygens (including phenoxy) is 2. The van der Waals surface area contributed by atoms with Gasteiger partial charge >= 0.3 is 0 Å². The average molecular weight is 285 g/mol. The van der Waals surface area contributed by atoms with E-state index in [2.05, 4.69) is 35.7 Å². The van der Waals surface area contributed by atoms with Gasteiger partial charge in [0.2, 0.25) is 0 Å². The summed E-state index contributed by atoms with van der Waals surface area (Å²) < 4.78 is 15.7. The molecule has 2 unspecified atom stereocenters. The Bertz CT molecular complexity index is 376. The van der Waals surface area contributed by atoms with Gasteiger partial charge in [-0.1, -0.05) is 11.4 Å². The minimum atomic E-state index is 0.263. The minimum Gasteiger partial charge on any atom is -0.375 e. The Labute approximate surface area is 118 Å². The molecule has 1 aromatic rings. The number of nitrogens with zero attached hydrogens (tertiary/aromatic N) is 2. The molecule has 19 heavy (non-hydrogen) atoms. The lowest BCUT2D eigenvalue weighted by Gasteiger charge is -2.31. The van der Waals surface area contributed by atoms with E-state index in [1.165, 1.54) is 11.5 Å². The zero-order valence-electron chi connectivity index (χ0n) is 11.9. The number of anilines is 1. The molecule has 6 heteroatoms. The van der Waals surface area contributed by atoms with Crippen LogP contribution >= 0.6 is 11.5 Å². The zero-order valence-corrected chi connectivity index (χ0v) is 12.7. The molecule has 2 heterocycles. The highest BCUT2D eigenvalue weighted by Crippen LogP contribution is 2.24. The number of hydrogen-bond donors (Lipinski definition) is 1. The van der Waals surface area contributed by atoms with E-state index < -0.39 is 0 Å². The number of rotatable bonds is 6. The molecule has 1 N–H and O–H groups in total. The molecule has 1 aliphatic heterocycles. The van der Waals surface area contributed by atoms with Crippen molar-refractivity contribution in [3.63, 3.8) is 0 Å². The van der Waals surface area contributed by atoms with Crippen LogP contribution in [0.4, 0.5) is 5.00 Å². The largest absolute Gasteiger partial charge is 0.375 e. The highest BCUT2D eigenvalue weighted by Gasteiger charge is 2.25. The van der Waals surface area contributed by atoms with Crippen LogP contribution in [0.1, 0.15) is 45.7 Å². The van der Waals surface area contributed by atoms with Crippen LogP contribution in [-0.4, -0.2) is 34.4 Å². The summed E-state index contributed by atoms with van der Waals surface area (Å²) in [5.41, 5.74) is 0.922. The third-order valence-corrected chi connectivity index (χ3v) is 3.93. The van der Waals surface area contributed by atoms with Crippen molar-refractivity contribution in [3.8, 4) is 0 Å². The lowest BCUT2D eigenvalue weighted by atomic mass is 10.0. The molecule has 5 nitrogen and oxygen atoms in total. The number of nitrogens with one attached hydrogen (secondary N) is 1. The SMILES string of the molecule is CCCNc1snnc1COC1CC(C)OC(C)C1. The van der Waals surface area contributed by atoms with Crippen LogP contribution in [0.5, 0.6) is 0 Å². The maximum atomic E-state index is 5.97. The monoisotopic (exact) mass is 285 g/mol. The van der Waals surface area contributed by atoms with Gasteiger partial charge in [0.25, 0.3) is 0 Å². The Morgan fingerprint density at radius 2 is 2.11 bits per heavy atom. The zero-order chi connectivity index (χ0) is 13.7. The van der Waals surface area contributed by atoms with E-state index >= 15 is 0 Å². The molecule has 1 aliphatic rings. The van der Waals surface area contributed by atoms with E-state index in [0.29, 0.717) is 6.61 Å². The van der Waals surface area contributed by atoms with E-state index in [-0.39, 0.29) is 18.3 Å². The van der Waals surface area contributed by atoms with Gasteiger partial charge in [-0.2, -0.15) is 0 Å². The molecule has 108 valence electrons. The van der Waals surface area contributed by atoms with Crippen LogP contribution in [0, 0.1) is 0 Å². The van der Waals surface area contributed by atoms with Gasteiger partial charge in [0, 0.05) is 18.1 Å². The molecule has 2 atom stereocenters. The third kappa shape index (κ3) is 4.40. The van der Waals surface area contributed by atoms with Crippen LogP contribution < -0.4 is 5.32 Å². The van der Waals surface area contributed by atoms with Gasteiger partial charge in [0.05, 0.1) is 24.9 Å². The quantitative estimate of drug-likeness (QED) is 0.871. The Kier molecular flexibility index (Phi) is 5.54. The average Bonchev–Trinajstić information content (AvgIpc) is 2.80. The van der Waals surface area contributed by atoms with Crippen LogP contribution in [0.25, 0.3) is 0 Å². The smallest absolute Gasteiger partial charge is 0.135 e. The van der Waals surface area contributed by atoms with E-state index in [4.69, 9.17) is 9.47 Å². The molecule has 0 amide bonds. The Morgan fingerprint density at radius 1 is 1.37 bits per heavy atom. The normalized spacial score (nSPS) is 27.4. The summed E-state index contributed by atoms with van der Waals surface area (Å²) in [6.45, 7) is 7.83. The molecule has 2 rings (SSSR count). The Morgan fingerprint density at radius 3 is 2.79 bits per heavy atom. The van der Waals surface area contributed by atoms with Crippen molar-refractivity contribution < 1.29 is 9.47 Å². The molecule has 0 aromatic carbocycles. The fourth-order valence-corrected chi connectivity index (χ4v) is 2.95. The Balaban J connectivity index is 1.83. The van der Waals surface area contributed by atoms with Crippen molar-refractivity contribution in [2.45, 2.75) is 65.0 Å². The van der Waals surface area contributed by atoms with Crippen LogP contribution in [-0.2, 0) is 16.1 Å². The van der Waals surface area contributed by atoms with Crippen molar-refractivity contribution in [1.29, 1.82) is 0 Å². The second-order valence-corrected chi connectivity index (χ2v) is 5.89. The van der Waals surface area contributed by atoms with Gasteiger partial charge < -0.3 is 14.8 Å². The van der Waals surface area contributed by atoms with Gasteiger partial charge in [-0.05, 0) is 33.1 Å². The molecule has 0 spiro atoms. The van der Waals surface area contributed by atoms with Crippen molar-refractivity contribution >= 4 is 16.5 Å². The van der Waals surface area contributed by atoms with Crippen LogP contribution in [0.3, 0.4) is 0 Å². The molecule has 1 aromatic heterocycles. The minimum absolute atomic E-state index is 0.263. The Hall–Kier alpha value is -0.720. The van der Waals surface area contributed by atoms with E-state index in [9.17, 15) is 0 Å². The highest BCUT2D eigenvalue weighted by atomic mass is 32.1. The fourth-order valence-electron chi connectivity index (χ4n) is 2.35. The molecule has 1 saturated heterocycles. The summed E-state index contributed by atoms with van der Waals surface area (Å²) in [6.07, 6.45) is 3.83. The molecule has 1 fully saturated rings. The third-order valence-electron chi connectivity index (χ3n) is 3.20. The molecule has 0 bridgehead atoms. The predicted octanol–water partition coefficient (Wildman–Crippen LogP) is 2.83. The van der Waals surface area contributed by atoms with Gasteiger partial charge in [-0.15, -0.1) is 5.10 Å². The fraction of sp³-hybridized carbons (Fsp3) is 0.846. The molecule has 0 aliphatic carbocycles. The van der Waals surface area contributed by atoms with Gasteiger partial charge in [0.1, 0.15) is 10.7 Å². The van der Waals surface area contributed by atoms with Crippen LogP contribution in [0.15, 0.2) is 0 Å². The maximum Gasteiger partial charge on any atom is 0.135 e. The number of aromatic nitrogens is 2. The molecular weight excluding hydrogens is 262 g/mol. The highest BCUT2D eigenvalue weighted by molar-refractivity contribution is 7.10. The molecule has 0 radical (unpaired) electrons. The van der Waals surface area contributed by atoms with E-state index in [1.54, 1.807) is 0 Å². The first kappa shape index (κ1) is 14.7. The molecular formula is C13H23N3O2S. The first-order valence-electron chi connectivity index (χ1n) is 7.01. The first-order chi connectivity index (χ1) is 9.19. The van der Waals surface area contributed by atoms with Gasteiger partial charge in [-0.3, -0.25) is 0 Å². The second kappa shape index (κ2) is 7.17. The standard InChI is InChI=1S/C13H23N3O2S/c1-4-5-14-13-12(15-16-19-13)8-17-11-6-9(2)18-10(3)7-11/h9-11,14H,4-8H2,1-3H3. The van der Waals surface area contributed by atoms with Crippen molar-refractivity contribution in [2.75, 3.05) is 11.9 Å². The second-order valence-electron chi connectivity index (χ2n) is 5.14. The van der Waals surface area contributed by atoms with E-state index in [0.717, 1.165) is 36.5 Å². The summed E-state index contributed by atoms with van der Waals surface area (Å²) in [5, 5.41) is 8.52.